The minimum atomic E-state index is -0.100. The molecule has 0 aromatic carbocycles. The summed E-state index contributed by atoms with van der Waals surface area (Å²) in [6, 6.07) is 0.114. The van der Waals surface area contributed by atoms with Crippen LogP contribution >= 0.6 is 0 Å². The molecule has 0 bridgehead atoms. The summed E-state index contributed by atoms with van der Waals surface area (Å²) in [4.78, 5) is 28.9. The Morgan fingerprint density at radius 2 is 2.10 bits per heavy atom. The van der Waals surface area contributed by atoms with Crippen LogP contribution in [0.4, 0.5) is 0 Å². The molecule has 0 radical (unpaired) electrons. The number of amides is 1. The van der Waals surface area contributed by atoms with Crippen molar-refractivity contribution in [2.45, 2.75) is 76.2 Å². The Bertz CT molecular complexity index is 913. The molecular formula is C24H30N4O. The molecule has 29 heavy (non-hydrogen) atoms. The lowest BCUT2D eigenvalue weighted by Crippen LogP contribution is -2.43. The van der Waals surface area contributed by atoms with E-state index in [1.54, 1.807) is 0 Å². The highest BCUT2D eigenvalue weighted by Gasteiger charge is 2.44. The summed E-state index contributed by atoms with van der Waals surface area (Å²) in [6.45, 7) is 2.83. The molecule has 152 valence electrons. The summed E-state index contributed by atoms with van der Waals surface area (Å²) in [7, 11) is 0. The number of nitrogens with zero attached hydrogens (tertiary/aromatic N) is 3. The van der Waals surface area contributed by atoms with E-state index in [0.717, 1.165) is 48.7 Å². The zero-order valence-corrected chi connectivity index (χ0v) is 17.2. The maximum atomic E-state index is 13.3. The molecule has 1 amide bonds. The maximum Gasteiger partial charge on any atom is 0.237 e. The first-order chi connectivity index (χ1) is 14.2. The van der Waals surface area contributed by atoms with Gasteiger partial charge in [-0.1, -0.05) is 56.6 Å². The zero-order chi connectivity index (χ0) is 19.8. The number of fused-ring (bicyclic) bond motifs is 3. The molecule has 5 nitrogen and oxygen atoms in total. The van der Waals surface area contributed by atoms with Gasteiger partial charge in [0.1, 0.15) is 11.5 Å². The summed E-state index contributed by atoms with van der Waals surface area (Å²) in [6.07, 6.45) is 19.4. The Morgan fingerprint density at radius 3 is 2.93 bits per heavy atom. The van der Waals surface area contributed by atoms with Crippen molar-refractivity contribution in [3.63, 3.8) is 0 Å². The average Bonchev–Trinajstić information content (AvgIpc) is 3.42. The van der Waals surface area contributed by atoms with Crippen LogP contribution in [-0.4, -0.2) is 39.2 Å². The molecule has 3 heterocycles. The highest BCUT2D eigenvalue weighted by Crippen LogP contribution is 2.39. The Labute approximate surface area is 172 Å². The number of aromatic nitrogens is 2. The van der Waals surface area contributed by atoms with Crippen molar-refractivity contribution in [3.05, 3.63) is 53.2 Å². The summed E-state index contributed by atoms with van der Waals surface area (Å²) < 4.78 is 0. The second-order valence-corrected chi connectivity index (χ2v) is 8.77. The van der Waals surface area contributed by atoms with Crippen LogP contribution in [0.1, 0.15) is 87.3 Å². The SMILES string of the molecule is CCCC1C(=O)N2C[C@@H](CC3=CCC=CC=C3)N=C2c2nc(C3CCCC3)[nH]c21. The number of rotatable bonds is 5. The van der Waals surface area contributed by atoms with Crippen LogP contribution in [-0.2, 0) is 4.79 Å². The number of aromatic amines is 1. The largest absolute Gasteiger partial charge is 0.344 e. The second-order valence-electron chi connectivity index (χ2n) is 8.77. The number of H-pyrrole nitrogens is 1. The minimum Gasteiger partial charge on any atom is -0.344 e. The predicted molar refractivity (Wildman–Crippen MR) is 115 cm³/mol. The first kappa shape index (κ1) is 18.6. The monoisotopic (exact) mass is 390 g/mol. The Balaban J connectivity index is 1.46. The van der Waals surface area contributed by atoms with Crippen LogP contribution in [0.5, 0.6) is 0 Å². The fourth-order valence-corrected chi connectivity index (χ4v) is 5.21. The smallest absolute Gasteiger partial charge is 0.237 e. The molecule has 5 rings (SSSR count). The first-order valence-corrected chi connectivity index (χ1v) is 11.3. The van der Waals surface area contributed by atoms with E-state index in [4.69, 9.17) is 9.98 Å². The first-order valence-electron chi connectivity index (χ1n) is 11.3. The van der Waals surface area contributed by atoms with E-state index in [0.29, 0.717) is 12.5 Å². The van der Waals surface area contributed by atoms with E-state index in [9.17, 15) is 4.79 Å². The zero-order valence-electron chi connectivity index (χ0n) is 17.2. The number of amidine groups is 1. The standard InChI is InChI=1S/C24H30N4O/c1-2-9-19-20-21(27-22(26-20)17-12-7-8-13-17)23-25-18(15-28(23)24(19)29)14-16-10-5-3-4-6-11-16/h3-5,10-11,17-19H,2,6-9,12-15H2,1H3,(H,26,27)/t18-,19?/m1/s1. The van der Waals surface area contributed by atoms with E-state index in [1.165, 1.54) is 31.3 Å². The van der Waals surface area contributed by atoms with Gasteiger partial charge in [0.25, 0.3) is 0 Å². The number of nitrogens with one attached hydrogen (secondary N) is 1. The number of hydrogen-bond donors (Lipinski definition) is 1. The molecular weight excluding hydrogens is 360 g/mol. The van der Waals surface area contributed by atoms with Crippen LogP contribution < -0.4 is 0 Å². The molecule has 0 spiro atoms. The van der Waals surface area contributed by atoms with Gasteiger partial charge in [0.15, 0.2) is 5.84 Å². The topological polar surface area (TPSA) is 61.4 Å². The third-order valence-corrected chi connectivity index (χ3v) is 6.69. The maximum absolute atomic E-state index is 13.3. The number of carbonyl (C=O) groups is 1. The van der Waals surface area contributed by atoms with Crippen molar-refractivity contribution in [2.24, 2.45) is 4.99 Å². The van der Waals surface area contributed by atoms with Crippen molar-refractivity contribution in [1.29, 1.82) is 0 Å². The molecule has 2 aliphatic carbocycles. The van der Waals surface area contributed by atoms with Gasteiger partial charge in [-0.3, -0.25) is 14.7 Å². The van der Waals surface area contributed by atoms with E-state index in [1.807, 2.05) is 4.90 Å². The van der Waals surface area contributed by atoms with Gasteiger partial charge in [-0.15, -0.1) is 0 Å². The molecule has 1 saturated carbocycles. The third-order valence-electron chi connectivity index (χ3n) is 6.69. The normalized spacial score (nSPS) is 26.4. The van der Waals surface area contributed by atoms with E-state index >= 15 is 0 Å². The number of allylic oxidation sites excluding steroid dienone is 5. The highest BCUT2D eigenvalue weighted by atomic mass is 16.2. The summed E-state index contributed by atoms with van der Waals surface area (Å²) >= 11 is 0. The van der Waals surface area contributed by atoms with Crippen LogP contribution in [0.3, 0.4) is 0 Å². The third kappa shape index (κ3) is 3.41. The summed E-state index contributed by atoms with van der Waals surface area (Å²) in [5.74, 6) is 2.50. The molecule has 0 saturated heterocycles. The fourth-order valence-electron chi connectivity index (χ4n) is 5.21. The van der Waals surface area contributed by atoms with E-state index in [-0.39, 0.29) is 17.9 Å². The van der Waals surface area contributed by atoms with Gasteiger partial charge in [0.2, 0.25) is 5.91 Å². The predicted octanol–water partition coefficient (Wildman–Crippen LogP) is 4.75. The van der Waals surface area contributed by atoms with E-state index < -0.39 is 0 Å². The molecule has 1 aromatic rings. The fraction of sp³-hybridized carbons (Fsp3) is 0.542. The van der Waals surface area contributed by atoms with Crippen LogP contribution in [0.2, 0.25) is 0 Å². The van der Waals surface area contributed by atoms with Crippen molar-refractivity contribution in [1.82, 2.24) is 14.9 Å². The molecule has 2 atom stereocenters. The van der Waals surface area contributed by atoms with Crippen molar-refractivity contribution < 1.29 is 4.79 Å². The minimum absolute atomic E-state index is 0.100. The van der Waals surface area contributed by atoms with Crippen molar-refractivity contribution in [2.75, 3.05) is 6.54 Å². The number of aliphatic imine (C=N–C) groups is 1. The second kappa shape index (κ2) is 7.77. The lowest BCUT2D eigenvalue weighted by Gasteiger charge is -2.29. The average molecular weight is 391 g/mol. The highest BCUT2D eigenvalue weighted by molar-refractivity contribution is 6.13. The Morgan fingerprint density at radius 1 is 1.24 bits per heavy atom. The summed E-state index contributed by atoms with van der Waals surface area (Å²) in [5.41, 5.74) is 3.27. The van der Waals surface area contributed by atoms with Crippen LogP contribution in [0.15, 0.2) is 40.9 Å². The molecule has 1 aromatic heterocycles. The lowest BCUT2D eigenvalue weighted by atomic mass is 9.92. The molecule has 1 unspecified atom stereocenters. The van der Waals surface area contributed by atoms with Crippen molar-refractivity contribution in [3.8, 4) is 0 Å². The Kier molecular flexibility index (Phi) is 4.98. The molecule has 2 aliphatic heterocycles. The summed E-state index contributed by atoms with van der Waals surface area (Å²) in [5, 5.41) is 0. The quantitative estimate of drug-likeness (QED) is 0.788. The lowest BCUT2D eigenvalue weighted by molar-refractivity contribution is -0.129. The van der Waals surface area contributed by atoms with Gasteiger partial charge in [-0.25, -0.2) is 4.98 Å². The van der Waals surface area contributed by atoms with E-state index in [2.05, 4.69) is 42.3 Å². The van der Waals surface area contributed by atoms with Crippen molar-refractivity contribution >= 4 is 11.7 Å². The number of imidazole rings is 1. The molecule has 1 N–H and O–H groups in total. The molecule has 5 heteroatoms. The van der Waals surface area contributed by atoms with Crippen LogP contribution in [0, 0.1) is 0 Å². The van der Waals surface area contributed by atoms with Crippen LogP contribution in [0.25, 0.3) is 0 Å². The molecule has 1 fully saturated rings. The van der Waals surface area contributed by atoms with Gasteiger partial charge in [0, 0.05) is 5.92 Å². The van der Waals surface area contributed by atoms with Gasteiger partial charge < -0.3 is 4.98 Å². The van der Waals surface area contributed by atoms with Gasteiger partial charge in [-0.05, 0) is 37.7 Å². The van der Waals surface area contributed by atoms with Gasteiger partial charge >= 0.3 is 0 Å². The number of carbonyl (C=O) groups excluding carboxylic acids is 1. The number of hydrogen-bond acceptors (Lipinski definition) is 3. The molecule has 4 aliphatic rings. The van der Waals surface area contributed by atoms with Gasteiger partial charge in [-0.2, -0.15) is 0 Å². The Hall–Kier alpha value is -2.43. The van der Waals surface area contributed by atoms with Gasteiger partial charge in [0.05, 0.1) is 24.2 Å².